The van der Waals surface area contributed by atoms with Crippen LogP contribution < -0.4 is 0 Å². The highest BCUT2D eigenvalue weighted by Gasteiger charge is 2.42. The molecule has 2 atom stereocenters. The van der Waals surface area contributed by atoms with Gasteiger partial charge in [-0.1, -0.05) is 24.3 Å². The SMILES string of the molecule is C=CCOC(OCC=C)C1OC(OCC=C)C(OCC=C)O1. The van der Waals surface area contributed by atoms with Crippen LogP contribution in [0.5, 0.6) is 0 Å². The van der Waals surface area contributed by atoms with E-state index < -0.39 is 25.2 Å². The van der Waals surface area contributed by atoms with Crippen LogP contribution in [0.25, 0.3) is 0 Å². The molecule has 124 valence electrons. The van der Waals surface area contributed by atoms with Gasteiger partial charge in [0.05, 0.1) is 26.4 Å². The van der Waals surface area contributed by atoms with E-state index in [2.05, 4.69) is 26.3 Å². The normalized spacial score (nSPS) is 24.3. The lowest BCUT2D eigenvalue weighted by molar-refractivity contribution is -0.265. The fourth-order valence-electron chi connectivity index (χ4n) is 1.65. The van der Waals surface area contributed by atoms with E-state index in [-0.39, 0.29) is 0 Å². The molecule has 0 spiro atoms. The van der Waals surface area contributed by atoms with Crippen molar-refractivity contribution < 1.29 is 28.4 Å². The summed E-state index contributed by atoms with van der Waals surface area (Å²) in [6.07, 6.45) is 3.50. The first-order valence-corrected chi connectivity index (χ1v) is 6.97. The third-order valence-corrected chi connectivity index (χ3v) is 2.49. The molecule has 1 aliphatic heterocycles. The van der Waals surface area contributed by atoms with Gasteiger partial charge in [-0.25, -0.2) is 0 Å². The summed E-state index contributed by atoms with van der Waals surface area (Å²) in [5.41, 5.74) is 0. The molecule has 1 aliphatic rings. The lowest BCUT2D eigenvalue weighted by Crippen LogP contribution is -2.34. The average Bonchev–Trinajstić information content (AvgIpc) is 2.94. The highest BCUT2D eigenvalue weighted by atomic mass is 16.9. The summed E-state index contributed by atoms with van der Waals surface area (Å²) in [5, 5.41) is 0. The Bertz CT molecular complexity index is 325. The van der Waals surface area contributed by atoms with Crippen LogP contribution >= 0.6 is 0 Å². The molecule has 0 aliphatic carbocycles. The zero-order valence-electron chi connectivity index (χ0n) is 12.7. The Morgan fingerprint density at radius 3 is 1.50 bits per heavy atom. The lowest BCUT2D eigenvalue weighted by Gasteiger charge is -2.21. The van der Waals surface area contributed by atoms with Crippen molar-refractivity contribution in [1.82, 2.24) is 0 Å². The van der Waals surface area contributed by atoms with Crippen molar-refractivity contribution >= 4 is 0 Å². The van der Waals surface area contributed by atoms with E-state index in [4.69, 9.17) is 28.4 Å². The highest BCUT2D eigenvalue weighted by molar-refractivity contribution is 4.74. The van der Waals surface area contributed by atoms with Crippen molar-refractivity contribution in [3.8, 4) is 0 Å². The van der Waals surface area contributed by atoms with Crippen LogP contribution in [0.1, 0.15) is 0 Å². The molecule has 0 aromatic rings. The molecule has 1 heterocycles. The molecule has 2 unspecified atom stereocenters. The van der Waals surface area contributed by atoms with Gasteiger partial charge in [0, 0.05) is 0 Å². The average molecular weight is 312 g/mol. The highest BCUT2D eigenvalue weighted by Crippen LogP contribution is 2.25. The summed E-state index contributed by atoms with van der Waals surface area (Å²) in [6.45, 7) is 15.6. The zero-order valence-corrected chi connectivity index (χ0v) is 12.7. The maximum absolute atomic E-state index is 5.66. The monoisotopic (exact) mass is 312 g/mol. The van der Waals surface area contributed by atoms with Crippen LogP contribution in [0.15, 0.2) is 50.6 Å². The molecule has 0 aromatic carbocycles. The van der Waals surface area contributed by atoms with Crippen molar-refractivity contribution in [1.29, 1.82) is 0 Å². The van der Waals surface area contributed by atoms with Gasteiger partial charge in [0.1, 0.15) is 0 Å². The maximum Gasteiger partial charge on any atom is 0.214 e. The first-order valence-electron chi connectivity index (χ1n) is 6.97. The molecule has 0 aromatic heterocycles. The van der Waals surface area contributed by atoms with Crippen LogP contribution in [0.4, 0.5) is 0 Å². The van der Waals surface area contributed by atoms with E-state index in [1.54, 1.807) is 24.3 Å². The van der Waals surface area contributed by atoms with Crippen LogP contribution in [-0.2, 0) is 28.4 Å². The predicted molar refractivity (Wildman–Crippen MR) is 81.9 cm³/mol. The van der Waals surface area contributed by atoms with Gasteiger partial charge in [-0.3, -0.25) is 0 Å². The Kier molecular flexibility index (Phi) is 9.65. The third-order valence-electron chi connectivity index (χ3n) is 2.49. The van der Waals surface area contributed by atoms with E-state index >= 15 is 0 Å². The van der Waals surface area contributed by atoms with Gasteiger partial charge >= 0.3 is 0 Å². The van der Waals surface area contributed by atoms with Crippen molar-refractivity contribution in [3.05, 3.63) is 50.6 Å². The first kappa shape index (κ1) is 18.8. The van der Waals surface area contributed by atoms with Crippen molar-refractivity contribution in [2.24, 2.45) is 0 Å². The van der Waals surface area contributed by atoms with Gasteiger partial charge in [-0.15, -0.1) is 26.3 Å². The second kappa shape index (κ2) is 11.3. The standard InChI is InChI=1S/C16H24O6/c1-5-9-17-13(18-10-6-2)16-21-14(19-11-7-3)15(22-16)20-12-8-4/h5-8,13-16H,1-4,9-12H2. The van der Waals surface area contributed by atoms with Gasteiger partial charge in [0.15, 0.2) is 0 Å². The Labute approximate surface area is 131 Å². The Morgan fingerprint density at radius 1 is 0.727 bits per heavy atom. The maximum atomic E-state index is 5.66. The summed E-state index contributed by atoms with van der Waals surface area (Å²) in [6, 6.07) is 0. The van der Waals surface area contributed by atoms with Crippen molar-refractivity contribution in [3.63, 3.8) is 0 Å². The molecular weight excluding hydrogens is 288 g/mol. The van der Waals surface area contributed by atoms with E-state index in [1.165, 1.54) is 0 Å². The number of hydrogen-bond acceptors (Lipinski definition) is 6. The topological polar surface area (TPSA) is 55.4 Å². The molecule has 0 bridgehead atoms. The fourth-order valence-corrected chi connectivity index (χ4v) is 1.65. The molecule has 1 rings (SSSR count). The van der Waals surface area contributed by atoms with Crippen LogP contribution in [0.2, 0.25) is 0 Å². The Hall–Kier alpha value is -1.28. The van der Waals surface area contributed by atoms with E-state index in [1.807, 2.05) is 0 Å². The summed E-state index contributed by atoms with van der Waals surface area (Å²) in [4.78, 5) is 0. The zero-order chi connectivity index (χ0) is 16.2. The molecule has 1 fully saturated rings. The minimum Gasteiger partial charge on any atom is -0.344 e. The largest absolute Gasteiger partial charge is 0.344 e. The molecule has 0 amide bonds. The lowest BCUT2D eigenvalue weighted by atomic mass is 10.5. The van der Waals surface area contributed by atoms with Gasteiger partial charge in [-0.05, 0) is 0 Å². The quantitative estimate of drug-likeness (QED) is 0.384. The second-order valence-electron chi connectivity index (χ2n) is 4.23. The van der Waals surface area contributed by atoms with Crippen molar-refractivity contribution in [2.75, 3.05) is 26.4 Å². The van der Waals surface area contributed by atoms with Crippen LogP contribution in [0.3, 0.4) is 0 Å². The van der Waals surface area contributed by atoms with E-state index in [0.29, 0.717) is 26.4 Å². The van der Waals surface area contributed by atoms with Gasteiger partial charge in [0.25, 0.3) is 0 Å². The smallest absolute Gasteiger partial charge is 0.214 e. The van der Waals surface area contributed by atoms with E-state index in [9.17, 15) is 0 Å². The molecule has 6 nitrogen and oxygen atoms in total. The summed E-state index contributed by atoms with van der Waals surface area (Å²) < 4.78 is 33.3. The third kappa shape index (κ3) is 6.23. The molecular formula is C16H24O6. The minimum absolute atomic E-state index is 0.293. The Morgan fingerprint density at radius 2 is 1.14 bits per heavy atom. The van der Waals surface area contributed by atoms with E-state index in [0.717, 1.165) is 0 Å². The first-order chi connectivity index (χ1) is 10.8. The Balaban J connectivity index is 2.65. The predicted octanol–water partition coefficient (Wildman–Crippen LogP) is 2.15. The van der Waals surface area contributed by atoms with Crippen LogP contribution in [0, 0.1) is 0 Å². The summed E-state index contributed by atoms with van der Waals surface area (Å²) >= 11 is 0. The number of rotatable bonds is 13. The fraction of sp³-hybridized carbons (Fsp3) is 0.500. The van der Waals surface area contributed by atoms with Crippen LogP contribution in [-0.4, -0.2) is 51.6 Å². The van der Waals surface area contributed by atoms with Gasteiger partial charge in [0.2, 0.25) is 25.2 Å². The molecule has 0 radical (unpaired) electrons. The minimum atomic E-state index is -0.787. The molecule has 6 heteroatoms. The van der Waals surface area contributed by atoms with Gasteiger partial charge in [-0.2, -0.15) is 0 Å². The molecule has 0 N–H and O–H groups in total. The van der Waals surface area contributed by atoms with Gasteiger partial charge < -0.3 is 28.4 Å². The molecule has 0 saturated carbocycles. The van der Waals surface area contributed by atoms with Crippen molar-refractivity contribution in [2.45, 2.75) is 25.2 Å². The number of hydrogen-bond donors (Lipinski definition) is 0. The molecule has 1 saturated heterocycles. The summed E-state index contributed by atoms with van der Waals surface area (Å²) in [5.74, 6) is 0. The number of ether oxygens (including phenoxy) is 6. The molecule has 22 heavy (non-hydrogen) atoms. The second-order valence-corrected chi connectivity index (χ2v) is 4.23. The summed E-state index contributed by atoms with van der Waals surface area (Å²) in [7, 11) is 0.